The predicted molar refractivity (Wildman–Crippen MR) is 77.2 cm³/mol. The Bertz CT molecular complexity index is 342. The van der Waals surface area contributed by atoms with Gasteiger partial charge in [0.25, 0.3) is 0 Å². The van der Waals surface area contributed by atoms with E-state index in [-0.39, 0.29) is 0 Å². The lowest BCUT2D eigenvalue weighted by atomic mass is 9.94. The molecule has 18 heavy (non-hydrogen) atoms. The number of nitrogens with zero attached hydrogens (tertiary/aromatic N) is 2. The van der Waals surface area contributed by atoms with E-state index in [9.17, 15) is 0 Å². The van der Waals surface area contributed by atoms with E-state index in [1.54, 1.807) is 0 Å². The zero-order chi connectivity index (χ0) is 13.4. The SMILES string of the molecule is C/C=C\C(=C/C(C)C1C=CN(C)N=C1)OCCC. The lowest BCUT2D eigenvalue weighted by Gasteiger charge is -2.20. The summed E-state index contributed by atoms with van der Waals surface area (Å²) in [5.74, 6) is 1.67. The molecule has 2 atom stereocenters. The van der Waals surface area contributed by atoms with Gasteiger partial charge in [0.1, 0.15) is 5.76 Å². The van der Waals surface area contributed by atoms with Gasteiger partial charge in [-0.3, -0.25) is 5.01 Å². The van der Waals surface area contributed by atoms with Gasteiger partial charge in [-0.05, 0) is 31.4 Å². The molecule has 0 saturated heterocycles. The number of allylic oxidation sites excluding steroid dienone is 4. The highest BCUT2D eigenvalue weighted by molar-refractivity contribution is 5.64. The summed E-state index contributed by atoms with van der Waals surface area (Å²) in [6.45, 7) is 7.07. The maximum absolute atomic E-state index is 5.71. The molecule has 0 aliphatic carbocycles. The molecule has 0 spiro atoms. The first kappa shape index (κ1) is 14.6. The van der Waals surface area contributed by atoms with E-state index in [0.717, 1.165) is 18.8 Å². The zero-order valence-electron chi connectivity index (χ0n) is 11.8. The molecular formula is C15H24N2O. The highest BCUT2D eigenvalue weighted by Gasteiger charge is 2.13. The molecule has 2 unspecified atom stereocenters. The van der Waals surface area contributed by atoms with Crippen molar-refractivity contribution in [3.8, 4) is 0 Å². The van der Waals surface area contributed by atoms with Crippen LogP contribution in [-0.4, -0.2) is 24.9 Å². The van der Waals surface area contributed by atoms with Gasteiger partial charge in [-0.1, -0.05) is 26.0 Å². The third kappa shape index (κ3) is 4.78. The van der Waals surface area contributed by atoms with Crippen LogP contribution in [0.4, 0.5) is 0 Å². The smallest absolute Gasteiger partial charge is 0.115 e. The Balaban J connectivity index is 2.66. The van der Waals surface area contributed by atoms with Crippen LogP contribution in [0, 0.1) is 11.8 Å². The van der Waals surface area contributed by atoms with Gasteiger partial charge < -0.3 is 4.74 Å². The fourth-order valence-corrected chi connectivity index (χ4v) is 1.71. The molecule has 0 radical (unpaired) electrons. The summed E-state index contributed by atoms with van der Waals surface area (Å²) in [7, 11) is 1.93. The summed E-state index contributed by atoms with van der Waals surface area (Å²) < 4.78 is 5.71. The second kappa shape index (κ2) is 7.75. The van der Waals surface area contributed by atoms with Crippen molar-refractivity contribution >= 4 is 6.21 Å². The third-order valence-corrected chi connectivity index (χ3v) is 2.78. The van der Waals surface area contributed by atoms with Crippen molar-refractivity contribution in [3.63, 3.8) is 0 Å². The van der Waals surface area contributed by atoms with Crippen LogP contribution in [0.25, 0.3) is 0 Å². The largest absolute Gasteiger partial charge is 0.494 e. The van der Waals surface area contributed by atoms with Crippen LogP contribution in [-0.2, 0) is 4.74 Å². The Labute approximate surface area is 111 Å². The Hall–Kier alpha value is -1.51. The average molecular weight is 248 g/mol. The van der Waals surface area contributed by atoms with Gasteiger partial charge in [-0.25, -0.2) is 0 Å². The zero-order valence-corrected chi connectivity index (χ0v) is 11.8. The molecule has 1 aliphatic heterocycles. The standard InChI is InChI=1S/C15H24N2O/c1-5-7-15(18-10-6-2)11-13(3)14-8-9-17(4)16-12-14/h5,7-9,11-14H,6,10H2,1-4H3/b7-5-,15-11+. The predicted octanol–water partition coefficient (Wildman–Crippen LogP) is 3.57. The van der Waals surface area contributed by atoms with E-state index in [2.05, 4.69) is 31.1 Å². The van der Waals surface area contributed by atoms with Crippen LogP contribution < -0.4 is 0 Å². The molecule has 1 rings (SSSR count). The minimum atomic E-state index is 0.340. The number of rotatable bonds is 6. The third-order valence-electron chi connectivity index (χ3n) is 2.78. The molecule has 0 aromatic rings. The number of hydrogen-bond donors (Lipinski definition) is 0. The van der Waals surface area contributed by atoms with Crippen LogP contribution in [0.15, 0.2) is 41.4 Å². The summed E-state index contributed by atoms with van der Waals surface area (Å²) in [6, 6.07) is 0. The number of hydrogen-bond acceptors (Lipinski definition) is 3. The van der Waals surface area contributed by atoms with Crippen molar-refractivity contribution in [1.82, 2.24) is 5.01 Å². The van der Waals surface area contributed by atoms with Gasteiger partial charge in [0.05, 0.1) is 6.61 Å². The van der Waals surface area contributed by atoms with Gasteiger partial charge in [-0.15, -0.1) is 0 Å². The molecule has 3 nitrogen and oxygen atoms in total. The molecule has 0 saturated carbocycles. The van der Waals surface area contributed by atoms with Crippen molar-refractivity contribution in [1.29, 1.82) is 0 Å². The van der Waals surface area contributed by atoms with Crippen LogP contribution in [0.5, 0.6) is 0 Å². The summed E-state index contributed by atoms with van der Waals surface area (Å²) >= 11 is 0. The fourth-order valence-electron chi connectivity index (χ4n) is 1.71. The second-order valence-corrected chi connectivity index (χ2v) is 4.53. The lowest BCUT2D eigenvalue weighted by molar-refractivity contribution is 0.222. The van der Waals surface area contributed by atoms with Gasteiger partial charge in [-0.2, -0.15) is 5.10 Å². The van der Waals surface area contributed by atoms with E-state index in [4.69, 9.17) is 4.74 Å². The van der Waals surface area contributed by atoms with E-state index < -0.39 is 0 Å². The van der Waals surface area contributed by atoms with E-state index >= 15 is 0 Å². The lowest BCUT2D eigenvalue weighted by Crippen LogP contribution is -2.17. The van der Waals surface area contributed by atoms with Crippen LogP contribution in [0.1, 0.15) is 27.2 Å². The summed E-state index contributed by atoms with van der Waals surface area (Å²) in [4.78, 5) is 0. The van der Waals surface area contributed by atoms with Crippen LogP contribution in [0.3, 0.4) is 0 Å². The molecule has 0 bridgehead atoms. The van der Waals surface area contributed by atoms with Gasteiger partial charge in [0.2, 0.25) is 0 Å². The molecule has 1 aliphatic rings. The number of ether oxygens (including phenoxy) is 1. The maximum atomic E-state index is 5.71. The van der Waals surface area contributed by atoms with E-state index in [0.29, 0.717) is 11.8 Å². The van der Waals surface area contributed by atoms with Crippen molar-refractivity contribution in [2.24, 2.45) is 16.9 Å². The molecule has 0 aromatic heterocycles. The van der Waals surface area contributed by atoms with Crippen molar-refractivity contribution in [2.75, 3.05) is 13.7 Å². The quantitative estimate of drug-likeness (QED) is 0.530. The van der Waals surface area contributed by atoms with Crippen molar-refractivity contribution in [3.05, 3.63) is 36.3 Å². The first-order valence-corrected chi connectivity index (χ1v) is 6.60. The molecule has 0 amide bonds. The number of hydrazone groups is 1. The Kier molecular flexibility index (Phi) is 6.26. The highest BCUT2D eigenvalue weighted by atomic mass is 16.5. The molecule has 0 fully saturated rings. The molecule has 100 valence electrons. The van der Waals surface area contributed by atoms with Crippen molar-refractivity contribution < 1.29 is 4.74 Å². The van der Waals surface area contributed by atoms with Gasteiger partial charge >= 0.3 is 0 Å². The van der Waals surface area contributed by atoms with Crippen LogP contribution in [0.2, 0.25) is 0 Å². The van der Waals surface area contributed by atoms with Crippen LogP contribution >= 0.6 is 0 Å². The van der Waals surface area contributed by atoms with Gasteiger partial charge in [0, 0.05) is 25.4 Å². The topological polar surface area (TPSA) is 24.8 Å². The highest BCUT2D eigenvalue weighted by Crippen LogP contribution is 2.19. The summed E-state index contributed by atoms with van der Waals surface area (Å²) in [5, 5.41) is 6.09. The second-order valence-electron chi connectivity index (χ2n) is 4.53. The molecule has 0 aromatic carbocycles. The summed E-state index contributed by atoms with van der Waals surface area (Å²) in [5.41, 5.74) is 0. The van der Waals surface area contributed by atoms with Gasteiger partial charge in [0.15, 0.2) is 0 Å². The summed E-state index contributed by atoms with van der Waals surface area (Å²) in [6.07, 6.45) is 13.4. The molecule has 0 N–H and O–H groups in total. The molecule has 3 heteroatoms. The monoisotopic (exact) mass is 248 g/mol. The maximum Gasteiger partial charge on any atom is 0.115 e. The van der Waals surface area contributed by atoms with Crippen molar-refractivity contribution in [2.45, 2.75) is 27.2 Å². The first-order valence-electron chi connectivity index (χ1n) is 6.60. The van der Waals surface area contributed by atoms with E-state index in [1.807, 2.05) is 43.5 Å². The first-order chi connectivity index (χ1) is 8.67. The minimum absolute atomic E-state index is 0.340. The molecule has 1 heterocycles. The van der Waals surface area contributed by atoms with E-state index in [1.165, 1.54) is 0 Å². The normalized spacial score (nSPS) is 21.7. The Morgan fingerprint density at radius 1 is 1.56 bits per heavy atom. The molecular weight excluding hydrogens is 224 g/mol. The minimum Gasteiger partial charge on any atom is -0.494 e. The Morgan fingerprint density at radius 2 is 2.33 bits per heavy atom. The fraction of sp³-hybridized carbons (Fsp3) is 0.533. The Morgan fingerprint density at radius 3 is 2.89 bits per heavy atom. The average Bonchev–Trinajstić information content (AvgIpc) is 2.37.